The molecule has 0 saturated heterocycles. The van der Waals surface area contributed by atoms with E-state index in [1.165, 1.54) is 0 Å². The minimum Gasteiger partial charge on any atom is -0.323 e. The van der Waals surface area contributed by atoms with Crippen molar-refractivity contribution in [1.29, 1.82) is 0 Å². The molecule has 0 aliphatic heterocycles. The first kappa shape index (κ1) is 11.4. The maximum absolute atomic E-state index is 11.5. The van der Waals surface area contributed by atoms with Crippen molar-refractivity contribution in [3.8, 4) is 0 Å². The molecular weight excluding hydrogens is 194 g/mol. The summed E-state index contributed by atoms with van der Waals surface area (Å²) in [7, 11) is -0.776. The molecule has 1 aromatic carbocycles. The Balaban J connectivity index is 2.50. The molecule has 0 spiro atoms. The highest BCUT2D eigenvalue weighted by atomic mass is 32.2. The quantitative estimate of drug-likeness (QED) is 0.807. The first-order valence-electron chi connectivity index (χ1n) is 4.89. The van der Waals surface area contributed by atoms with Crippen molar-refractivity contribution >= 4 is 10.8 Å². The van der Waals surface area contributed by atoms with Gasteiger partial charge in [0.05, 0.1) is 0 Å². The molecule has 1 rings (SSSR count). The van der Waals surface area contributed by atoms with E-state index in [0.29, 0.717) is 5.75 Å². The highest BCUT2D eigenvalue weighted by molar-refractivity contribution is 7.85. The van der Waals surface area contributed by atoms with Crippen molar-refractivity contribution in [2.24, 2.45) is 5.73 Å². The van der Waals surface area contributed by atoms with Crippen LogP contribution in [0.2, 0.25) is 0 Å². The maximum atomic E-state index is 11.5. The lowest BCUT2D eigenvalue weighted by molar-refractivity contribution is 0.674. The minimum absolute atomic E-state index is 0.0939. The largest absolute Gasteiger partial charge is 0.323 e. The molecule has 0 heterocycles. The third kappa shape index (κ3) is 3.60. The van der Waals surface area contributed by atoms with Crippen LogP contribution in [0.15, 0.2) is 30.3 Å². The van der Waals surface area contributed by atoms with Crippen molar-refractivity contribution in [3.63, 3.8) is 0 Å². The van der Waals surface area contributed by atoms with Crippen molar-refractivity contribution < 1.29 is 4.21 Å². The first-order chi connectivity index (χ1) is 6.74. The van der Waals surface area contributed by atoms with Crippen LogP contribution in [0.25, 0.3) is 0 Å². The summed E-state index contributed by atoms with van der Waals surface area (Å²) < 4.78 is 11.5. The molecule has 2 atom stereocenters. The maximum Gasteiger partial charge on any atom is 0.0428 e. The van der Waals surface area contributed by atoms with Crippen LogP contribution in [0.1, 0.15) is 24.9 Å². The number of hydrogen-bond donors (Lipinski definition) is 1. The van der Waals surface area contributed by atoms with Crippen LogP contribution in [-0.4, -0.2) is 15.7 Å². The van der Waals surface area contributed by atoms with E-state index < -0.39 is 10.8 Å². The van der Waals surface area contributed by atoms with Crippen LogP contribution < -0.4 is 5.73 Å². The summed E-state index contributed by atoms with van der Waals surface area (Å²) in [5, 5.41) is 0. The van der Waals surface area contributed by atoms with E-state index in [-0.39, 0.29) is 6.04 Å². The number of rotatable bonds is 5. The zero-order valence-corrected chi connectivity index (χ0v) is 9.30. The third-order valence-corrected chi connectivity index (χ3v) is 3.62. The van der Waals surface area contributed by atoms with Gasteiger partial charge in [0.1, 0.15) is 0 Å². The molecule has 0 aliphatic carbocycles. The van der Waals surface area contributed by atoms with Gasteiger partial charge in [-0.05, 0) is 12.0 Å². The number of nitrogens with two attached hydrogens (primary N) is 1. The monoisotopic (exact) mass is 211 g/mol. The fourth-order valence-electron chi connectivity index (χ4n) is 1.31. The predicted molar refractivity (Wildman–Crippen MR) is 61.5 cm³/mol. The van der Waals surface area contributed by atoms with Gasteiger partial charge < -0.3 is 5.73 Å². The summed E-state index contributed by atoms with van der Waals surface area (Å²) in [6.45, 7) is 2.03. The molecule has 0 saturated carbocycles. The molecule has 0 radical (unpaired) electrons. The van der Waals surface area contributed by atoms with Crippen molar-refractivity contribution in [3.05, 3.63) is 35.9 Å². The molecule has 0 bridgehead atoms. The Morgan fingerprint density at radius 1 is 1.36 bits per heavy atom. The average molecular weight is 211 g/mol. The van der Waals surface area contributed by atoms with E-state index in [2.05, 4.69) is 0 Å². The zero-order valence-electron chi connectivity index (χ0n) is 8.48. The third-order valence-electron chi connectivity index (χ3n) is 2.02. The Kier molecular flexibility index (Phi) is 4.84. The Labute approximate surface area is 88.0 Å². The summed E-state index contributed by atoms with van der Waals surface area (Å²) in [5.74, 6) is 1.32. The zero-order chi connectivity index (χ0) is 10.4. The molecule has 0 fully saturated rings. The average Bonchev–Trinajstić information content (AvgIpc) is 2.19. The van der Waals surface area contributed by atoms with Gasteiger partial charge in [0, 0.05) is 28.3 Å². The fraction of sp³-hybridized carbons (Fsp3) is 0.455. The van der Waals surface area contributed by atoms with Crippen LogP contribution in [0.5, 0.6) is 0 Å². The second-order valence-electron chi connectivity index (χ2n) is 3.33. The molecule has 3 heteroatoms. The van der Waals surface area contributed by atoms with Gasteiger partial charge in [0.25, 0.3) is 0 Å². The van der Waals surface area contributed by atoms with Gasteiger partial charge in [-0.25, -0.2) is 0 Å². The molecule has 14 heavy (non-hydrogen) atoms. The lowest BCUT2D eigenvalue weighted by Gasteiger charge is -2.10. The summed E-state index contributed by atoms with van der Waals surface area (Å²) in [6.07, 6.45) is 0.953. The molecule has 0 aliphatic rings. The van der Waals surface area contributed by atoms with Crippen LogP contribution in [0.4, 0.5) is 0 Å². The van der Waals surface area contributed by atoms with Crippen molar-refractivity contribution in [2.45, 2.75) is 19.4 Å². The van der Waals surface area contributed by atoms with Crippen LogP contribution >= 0.6 is 0 Å². The molecule has 0 aromatic heterocycles. The Morgan fingerprint density at radius 2 is 2.00 bits per heavy atom. The van der Waals surface area contributed by atoms with Gasteiger partial charge in [0.2, 0.25) is 0 Å². The SMILES string of the molecule is CCCS(=O)CC(N)c1ccccc1. The molecule has 2 nitrogen and oxygen atoms in total. The summed E-state index contributed by atoms with van der Waals surface area (Å²) >= 11 is 0. The fourth-order valence-corrected chi connectivity index (χ4v) is 2.52. The van der Waals surface area contributed by atoms with Crippen molar-refractivity contribution in [2.75, 3.05) is 11.5 Å². The Morgan fingerprint density at radius 3 is 2.57 bits per heavy atom. The molecule has 2 unspecified atom stereocenters. The van der Waals surface area contributed by atoms with Crippen LogP contribution in [-0.2, 0) is 10.8 Å². The van der Waals surface area contributed by atoms with Gasteiger partial charge in [-0.1, -0.05) is 37.3 Å². The van der Waals surface area contributed by atoms with Gasteiger partial charge >= 0.3 is 0 Å². The van der Waals surface area contributed by atoms with Gasteiger partial charge in [-0.2, -0.15) is 0 Å². The first-order valence-corrected chi connectivity index (χ1v) is 6.38. The molecule has 1 aromatic rings. The van der Waals surface area contributed by atoms with Gasteiger partial charge in [-0.3, -0.25) is 4.21 Å². The van der Waals surface area contributed by atoms with E-state index in [0.717, 1.165) is 17.7 Å². The normalized spacial score (nSPS) is 15.0. The molecular formula is C11H17NOS. The summed E-state index contributed by atoms with van der Waals surface area (Å²) in [5.41, 5.74) is 7.00. The highest BCUT2D eigenvalue weighted by Gasteiger charge is 2.08. The smallest absolute Gasteiger partial charge is 0.0428 e. The van der Waals surface area contributed by atoms with E-state index >= 15 is 0 Å². The number of benzene rings is 1. The molecule has 0 amide bonds. The second-order valence-corrected chi connectivity index (χ2v) is 4.95. The second kappa shape index (κ2) is 5.94. The van der Waals surface area contributed by atoms with E-state index in [4.69, 9.17) is 5.73 Å². The van der Waals surface area contributed by atoms with Gasteiger partial charge in [0.15, 0.2) is 0 Å². The molecule has 2 N–H and O–H groups in total. The van der Waals surface area contributed by atoms with E-state index in [9.17, 15) is 4.21 Å². The van der Waals surface area contributed by atoms with Crippen LogP contribution in [0.3, 0.4) is 0 Å². The van der Waals surface area contributed by atoms with Crippen LogP contribution in [0, 0.1) is 0 Å². The Hall–Kier alpha value is -0.670. The highest BCUT2D eigenvalue weighted by Crippen LogP contribution is 2.10. The number of hydrogen-bond acceptors (Lipinski definition) is 2. The topological polar surface area (TPSA) is 43.1 Å². The van der Waals surface area contributed by atoms with E-state index in [1.807, 2.05) is 37.3 Å². The lowest BCUT2D eigenvalue weighted by atomic mass is 10.1. The molecule has 78 valence electrons. The summed E-state index contributed by atoms with van der Waals surface area (Å²) in [6, 6.07) is 9.74. The van der Waals surface area contributed by atoms with Crippen molar-refractivity contribution in [1.82, 2.24) is 0 Å². The summed E-state index contributed by atoms with van der Waals surface area (Å²) in [4.78, 5) is 0. The van der Waals surface area contributed by atoms with E-state index in [1.54, 1.807) is 0 Å². The predicted octanol–water partition coefficient (Wildman–Crippen LogP) is 1.85. The van der Waals surface area contributed by atoms with Gasteiger partial charge in [-0.15, -0.1) is 0 Å². The standard InChI is InChI=1S/C11H17NOS/c1-2-8-14(13)9-11(12)10-6-4-3-5-7-10/h3-7,11H,2,8-9,12H2,1H3. The lowest BCUT2D eigenvalue weighted by Crippen LogP contribution is -2.19. The minimum atomic E-state index is -0.776. The Bertz CT molecular complexity index is 287.